The van der Waals surface area contributed by atoms with Crippen LogP contribution in [0.3, 0.4) is 0 Å². The topological polar surface area (TPSA) is 29.1 Å². The summed E-state index contributed by atoms with van der Waals surface area (Å²) >= 11 is 6.57. The molecule has 1 amide bonds. The Bertz CT molecular complexity index is 604. The van der Waals surface area contributed by atoms with Gasteiger partial charge in [-0.25, -0.2) is 4.39 Å². The van der Waals surface area contributed by atoms with E-state index in [2.05, 4.69) is 37.2 Å². The second kappa shape index (κ2) is 6.99. The minimum absolute atomic E-state index is 0.0212. The summed E-state index contributed by atoms with van der Waals surface area (Å²) in [6.07, 6.45) is 0. The highest BCUT2D eigenvalue weighted by Crippen LogP contribution is 2.21. The van der Waals surface area contributed by atoms with Gasteiger partial charge in [-0.1, -0.05) is 46.3 Å². The lowest BCUT2D eigenvalue weighted by atomic mass is 10.1. The van der Waals surface area contributed by atoms with Crippen molar-refractivity contribution in [2.45, 2.75) is 4.83 Å². The second-order valence-corrected chi connectivity index (χ2v) is 6.18. The van der Waals surface area contributed by atoms with Crippen molar-refractivity contribution in [2.75, 3.05) is 6.54 Å². The van der Waals surface area contributed by atoms with Crippen LogP contribution in [0.2, 0.25) is 0 Å². The fourth-order valence-electron chi connectivity index (χ4n) is 1.70. The number of halogens is 3. The summed E-state index contributed by atoms with van der Waals surface area (Å²) in [5.41, 5.74) is 1.38. The summed E-state index contributed by atoms with van der Waals surface area (Å²) in [6.45, 7) is 0.431. The standard InChI is InChI=1S/C15H12Br2FNO/c16-12-7-6-11(8-14(12)18)15(20)19-9-13(17)10-4-2-1-3-5-10/h1-8,13H,9H2,(H,19,20). The Morgan fingerprint density at radius 3 is 2.55 bits per heavy atom. The van der Waals surface area contributed by atoms with E-state index in [1.807, 2.05) is 30.3 Å². The van der Waals surface area contributed by atoms with Gasteiger partial charge in [0.25, 0.3) is 5.91 Å². The van der Waals surface area contributed by atoms with Gasteiger partial charge in [-0.3, -0.25) is 4.79 Å². The summed E-state index contributed by atoms with van der Waals surface area (Å²) in [6, 6.07) is 14.1. The Labute approximate surface area is 133 Å². The molecule has 0 saturated heterocycles. The van der Waals surface area contributed by atoms with Crippen LogP contribution in [0.15, 0.2) is 53.0 Å². The van der Waals surface area contributed by atoms with Crippen LogP contribution in [-0.2, 0) is 0 Å². The molecule has 2 rings (SSSR count). The second-order valence-electron chi connectivity index (χ2n) is 4.22. The monoisotopic (exact) mass is 399 g/mol. The van der Waals surface area contributed by atoms with Crippen molar-refractivity contribution >= 4 is 37.8 Å². The normalized spacial score (nSPS) is 11.9. The Morgan fingerprint density at radius 1 is 1.20 bits per heavy atom. The first-order valence-electron chi connectivity index (χ1n) is 6.00. The predicted octanol–water partition coefficient (Wildman–Crippen LogP) is 4.45. The molecule has 0 spiro atoms. The van der Waals surface area contributed by atoms with Gasteiger partial charge in [0.05, 0.1) is 9.30 Å². The quantitative estimate of drug-likeness (QED) is 0.754. The molecular formula is C15H12Br2FNO. The number of amides is 1. The minimum Gasteiger partial charge on any atom is -0.351 e. The molecule has 2 aromatic carbocycles. The fraction of sp³-hybridized carbons (Fsp3) is 0.133. The molecule has 1 atom stereocenters. The van der Waals surface area contributed by atoms with Crippen LogP contribution < -0.4 is 5.32 Å². The lowest BCUT2D eigenvalue weighted by Crippen LogP contribution is -2.26. The molecule has 20 heavy (non-hydrogen) atoms. The zero-order valence-electron chi connectivity index (χ0n) is 10.4. The molecule has 1 N–H and O–H groups in total. The molecule has 5 heteroatoms. The third kappa shape index (κ3) is 3.90. The van der Waals surface area contributed by atoms with Crippen molar-refractivity contribution in [3.63, 3.8) is 0 Å². The van der Waals surface area contributed by atoms with E-state index in [9.17, 15) is 9.18 Å². The Kier molecular flexibility index (Phi) is 5.31. The average molecular weight is 401 g/mol. The smallest absolute Gasteiger partial charge is 0.251 e. The van der Waals surface area contributed by atoms with Crippen molar-refractivity contribution in [1.82, 2.24) is 5.32 Å². The molecule has 0 radical (unpaired) electrons. The van der Waals surface area contributed by atoms with Crippen molar-refractivity contribution in [3.8, 4) is 0 Å². The van der Waals surface area contributed by atoms with Crippen LogP contribution in [0.25, 0.3) is 0 Å². The van der Waals surface area contributed by atoms with E-state index in [0.29, 0.717) is 16.6 Å². The molecule has 0 aliphatic heterocycles. The maximum atomic E-state index is 13.4. The number of hydrogen-bond acceptors (Lipinski definition) is 1. The number of carbonyl (C=O) groups is 1. The maximum absolute atomic E-state index is 13.4. The zero-order chi connectivity index (χ0) is 14.5. The highest BCUT2D eigenvalue weighted by Gasteiger charge is 2.11. The molecular weight excluding hydrogens is 389 g/mol. The van der Waals surface area contributed by atoms with Crippen molar-refractivity contribution in [3.05, 3.63) is 69.9 Å². The van der Waals surface area contributed by atoms with Crippen LogP contribution in [-0.4, -0.2) is 12.5 Å². The van der Waals surface area contributed by atoms with Gasteiger partial charge < -0.3 is 5.32 Å². The van der Waals surface area contributed by atoms with Gasteiger partial charge in [-0.05, 0) is 39.7 Å². The summed E-state index contributed by atoms with van der Waals surface area (Å²) in [5.74, 6) is -0.743. The van der Waals surface area contributed by atoms with Crippen LogP contribution in [0.1, 0.15) is 20.7 Å². The van der Waals surface area contributed by atoms with Gasteiger partial charge in [0.15, 0.2) is 0 Å². The van der Waals surface area contributed by atoms with Crippen LogP contribution in [0, 0.1) is 5.82 Å². The summed E-state index contributed by atoms with van der Waals surface area (Å²) in [4.78, 5) is 12.0. The predicted molar refractivity (Wildman–Crippen MR) is 84.5 cm³/mol. The van der Waals surface area contributed by atoms with Gasteiger partial charge in [0.2, 0.25) is 0 Å². The van der Waals surface area contributed by atoms with E-state index in [4.69, 9.17) is 0 Å². The van der Waals surface area contributed by atoms with E-state index in [1.54, 1.807) is 6.07 Å². The van der Waals surface area contributed by atoms with Crippen LogP contribution >= 0.6 is 31.9 Å². The molecule has 0 aromatic heterocycles. The maximum Gasteiger partial charge on any atom is 0.251 e. The zero-order valence-corrected chi connectivity index (χ0v) is 13.6. The number of carbonyl (C=O) groups excluding carboxylic acids is 1. The lowest BCUT2D eigenvalue weighted by molar-refractivity contribution is 0.0953. The van der Waals surface area contributed by atoms with Gasteiger partial charge in [-0.15, -0.1) is 0 Å². The number of hydrogen-bond donors (Lipinski definition) is 1. The Balaban J connectivity index is 1.97. The van der Waals surface area contributed by atoms with Crippen molar-refractivity contribution < 1.29 is 9.18 Å². The molecule has 0 bridgehead atoms. The number of alkyl halides is 1. The van der Waals surface area contributed by atoms with Crippen LogP contribution in [0.4, 0.5) is 4.39 Å². The van der Waals surface area contributed by atoms with E-state index in [1.165, 1.54) is 12.1 Å². The van der Waals surface area contributed by atoms with E-state index in [-0.39, 0.29) is 10.7 Å². The van der Waals surface area contributed by atoms with Gasteiger partial charge in [-0.2, -0.15) is 0 Å². The summed E-state index contributed by atoms with van der Waals surface area (Å²) in [5, 5.41) is 2.78. The third-order valence-corrected chi connectivity index (χ3v) is 4.28. The van der Waals surface area contributed by atoms with E-state index >= 15 is 0 Å². The fourth-order valence-corrected chi connectivity index (χ4v) is 2.42. The van der Waals surface area contributed by atoms with Crippen LogP contribution in [0.5, 0.6) is 0 Å². The first-order chi connectivity index (χ1) is 9.58. The molecule has 0 aliphatic carbocycles. The minimum atomic E-state index is -0.448. The van der Waals surface area contributed by atoms with Gasteiger partial charge in [0.1, 0.15) is 5.82 Å². The van der Waals surface area contributed by atoms with E-state index < -0.39 is 5.82 Å². The first-order valence-corrected chi connectivity index (χ1v) is 7.71. The first kappa shape index (κ1) is 15.2. The molecule has 1 unspecified atom stereocenters. The molecule has 0 fully saturated rings. The van der Waals surface area contributed by atoms with Gasteiger partial charge >= 0.3 is 0 Å². The average Bonchev–Trinajstić information content (AvgIpc) is 2.48. The highest BCUT2D eigenvalue weighted by molar-refractivity contribution is 9.10. The third-order valence-electron chi connectivity index (χ3n) is 2.78. The SMILES string of the molecule is O=C(NCC(Br)c1ccccc1)c1ccc(Br)c(F)c1. The molecule has 0 aliphatic rings. The Hall–Kier alpha value is -1.20. The number of rotatable bonds is 4. The number of nitrogens with one attached hydrogen (secondary N) is 1. The van der Waals surface area contributed by atoms with Crippen molar-refractivity contribution in [1.29, 1.82) is 0 Å². The Morgan fingerprint density at radius 2 is 1.90 bits per heavy atom. The molecule has 2 nitrogen and oxygen atoms in total. The summed E-state index contributed by atoms with van der Waals surface area (Å²) in [7, 11) is 0. The van der Waals surface area contributed by atoms with Crippen molar-refractivity contribution in [2.24, 2.45) is 0 Å². The number of benzene rings is 2. The largest absolute Gasteiger partial charge is 0.351 e. The highest BCUT2D eigenvalue weighted by atomic mass is 79.9. The molecule has 0 saturated carbocycles. The molecule has 104 valence electrons. The van der Waals surface area contributed by atoms with Gasteiger partial charge in [0, 0.05) is 12.1 Å². The summed E-state index contributed by atoms with van der Waals surface area (Å²) < 4.78 is 13.7. The molecule has 0 heterocycles. The van der Waals surface area contributed by atoms with E-state index in [0.717, 1.165) is 5.56 Å². The molecule has 2 aromatic rings. The lowest BCUT2D eigenvalue weighted by Gasteiger charge is -2.11.